The number of anilines is 2. The molecule has 32 heavy (non-hydrogen) atoms. The summed E-state index contributed by atoms with van der Waals surface area (Å²) in [4.78, 5) is 16.7. The van der Waals surface area contributed by atoms with E-state index in [2.05, 4.69) is 11.8 Å². The molecule has 1 aliphatic heterocycles. The van der Waals surface area contributed by atoms with Gasteiger partial charge in [0.15, 0.2) is 9.84 Å². The Morgan fingerprint density at radius 3 is 2.44 bits per heavy atom. The van der Waals surface area contributed by atoms with Crippen LogP contribution < -0.4 is 9.80 Å². The zero-order chi connectivity index (χ0) is 22.9. The van der Waals surface area contributed by atoms with Crippen LogP contribution >= 0.6 is 0 Å². The molecule has 0 N–H and O–H groups in total. The molecule has 172 valence electrons. The van der Waals surface area contributed by atoms with E-state index in [4.69, 9.17) is 4.74 Å². The number of carbonyl (C=O) groups excluding carboxylic acids is 1. The van der Waals surface area contributed by atoms with Gasteiger partial charge < -0.3 is 14.5 Å². The molecule has 1 aliphatic carbocycles. The number of ether oxygens (including phenoxy) is 1. The quantitative estimate of drug-likeness (QED) is 0.657. The summed E-state index contributed by atoms with van der Waals surface area (Å²) in [5.41, 5.74) is 3.55. The molecule has 0 bridgehead atoms. The normalized spacial score (nSPS) is 19.7. The van der Waals surface area contributed by atoms with E-state index >= 15 is 0 Å². The van der Waals surface area contributed by atoms with E-state index in [0.717, 1.165) is 35.3 Å². The lowest BCUT2D eigenvalue weighted by molar-refractivity contribution is -0.117. The van der Waals surface area contributed by atoms with Crippen molar-refractivity contribution in [3.63, 3.8) is 0 Å². The van der Waals surface area contributed by atoms with Crippen molar-refractivity contribution in [2.75, 3.05) is 29.3 Å². The van der Waals surface area contributed by atoms with Crippen LogP contribution in [0.5, 0.6) is 0 Å². The van der Waals surface area contributed by atoms with E-state index in [1.54, 1.807) is 25.1 Å². The van der Waals surface area contributed by atoms with Gasteiger partial charge in [-0.1, -0.05) is 37.5 Å². The monoisotopic (exact) mass is 456 g/mol. The molecule has 0 aromatic heterocycles. The molecule has 2 aliphatic rings. The van der Waals surface area contributed by atoms with Crippen LogP contribution in [0.25, 0.3) is 11.1 Å². The summed E-state index contributed by atoms with van der Waals surface area (Å²) in [6.07, 6.45) is 7.45. The predicted octanol–water partition coefficient (Wildman–Crippen LogP) is 4.63. The molecule has 2 aromatic rings. The van der Waals surface area contributed by atoms with Crippen LogP contribution in [0.15, 0.2) is 47.4 Å². The third-order valence-corrected chi connectivity index (χ3v) is 7.56. The van der Waals surface area contributed by atoms with E-state index in [-0.39, 0.29) is 11.9 Å². The van der Waals surface area contributed by atoms with Crippen molar-refractivity contribution in [1.82, 2.24) is 0 Å². The maximum Gasteiger partial charge on any atom is 0.224 e. The van der Waals surface area contributed by atoms with Gasteiger partial charge in [0.2, 0.25) is 5.91 Å². The Kier molecular flexibility index (Phi) is 6.58. The first kappa shape index (κ1) is 22.8. The van der Waals surface area contributed by atoms with E-state index < -0.39 is 9.84 Å². The van der Waals surface area contributed by atoms with Crippen molar-refractivity contribution in [3.8, 4) is 11.1 Å². The Bertz CT molecular complexity index is 1090. The zero-order valence-electron chi connectivity index (χ0n) is 19.1. The highest BCUT2D eigenvalue weighted by atomic mass is 32.2. The highest BCUT2D eigenvalue weighted by Gasteiger charge is 2.31. The number of hydrogen-bond acceptors (Lipinski definition) is 5. The van der Waals surface area contributed by atoms with E-state index in [0.29, 0.717) is 24.3 Å². The SMILES string of the molecule is CC(=O)N1c2ccc(-c3cccc(S(C)(=O)=O)c3)cc2N(COC2CCCCC2)C[C@@H]1C. The first-order chi connectivity index (χ1) is 15.2. The summed E-state index contributed by atoms with van der Waals surface area (Å²) < 4.78 is 30.3. The van der Waals surface area contributed by atoms with Crippen LogP contribution in [0.2, 0.25) is 0 Å². The molecule has 0 radical (unpaired) electrons. The summed E-state index contributed by atoms with van der Waals surface area (Å²) in [5, 5.41) is 0. The van der Waals surface area contributed by atoms with Gasteiger partial charge in [-0.05, 0) is 55.2 Å². The fourth-order valence-electron chi connectivity index (χ4n) is 4.83. The molecule has 0 saturated heterocycles. The molecule has 1 amide bonds. The second kappa shape index (κ2) is 9.24. The fourth-order valence-corrected chi connectivity index (χ4v) is 5.50. The average molecular weight is 457 g/mol. The minimum Gasteiger partial charge on any atom is -0.358 e. The standard InChI is InChI=1S/C25H32N2O4S/c1-18-16-26(17-31-22-9-5-4-6-10-22)25-15-21(12-13-24(25)27(18)19(2)28)20-8-7-11-23(14-20)32(3,29)30/h7-8,11-15,18,22H,4-6,9-10,16-17H2,1-3H3/t18-/m0/s1. The van der Waals surface area contributed by atoms with E-state index in [9.17, 15) is 13.2 Å². The number of sulfone groups is 1. The molecule has 0 unspecified atom stereocenters. The minimum atomic E-state index is -3.29. The van der Waals surface area contributed by atoms with Crippen molar-refractivity contribution in [2.24, 2.45) is 0 Å². The van der Waals surface area contributed by atoms with Gasteiger partial charge in [-0.2, -0.15) is 0 Å². The minimum absolute atomic E-state index is 0.0124. The van der Waals surface area contributed by atoms with Crippen LogP contribution in [-0.4, -0.2) is 46.0 Å². The van der Waals surface area contributed by atoms with Gasteiger partial charge in [-0.3, -0.25) is 4.79 Å². The zero-order valence-corrected chi connectivity index (χ0v) is 19.9. The van der Waals surface area contributed by atoms with Gasteiger partial charge >= 0.3 is 0 Å². The largest absolute Gasteiger partial charge is 0.358 e. The lowest BCUT2D eigenvalue weighted by Gasteiger charge is -2.42. The van der Waals surface area contributed by atoms with E-state index in [1.165, 1.54) is 25.5 Å². The first-order valence-electron chi connectivity index (χ1n) is 11.3. The van der Waals surface area contributed by atoms with Crippen LogP contribution in [0.3, 0.4) is 0 Å². The Morgan fingerprint density at radius 1 is 1.03 bits per heavy atom. The second-order valence-electron chi connectivity index (χ2n) is 9.02. The van der Waals surface area contributed by atoms with Crippen LogP contribution in [0.4, 0.5) is 11.4 Å². The molecule has 7 heteroatoms. The van der Waals surface area contributed by atoms with Crippen LogP contribution in [0.1, 0.15) is 46.0 Å². The summed E-state index contributed by atoms with van der Waals surface area (Å²) >= 11 is 0. The summed E-state index contributed by atoms with van der Waals surface area (Å²) in [7, 11) is -3.29. The maximum atomic E-state index is 12.4. The molecule has 6 nitrogen and oxygen atoms in total. The third kappa shape index (κ3) is 4.84. The molecular weight excluding hydrogens is 424 g/mol. The van der Waals surface area contributed by atoms with Gasteiger partial charge in [0.25, 0.3) is 0 Å². The number of benzene rings is 2. The second-order valence-corrected chi connectivity index (χ2v) is 11.0. The number of fused-ring (bicyclic) bond motifs is 1. The molecular formula is C25H32N2O4S. The van der Waals surface area contributed by atoms with Crippen molar-refractivity contribution < 1.29 is 17.9 Å². The lowest BCUT2D eigenvalue weighted by Crippen LogP contribution is -2.50. The molecule has 1 fully saturated rings. The predicted molar refractivity (Wildman–Crippen MR) is 128 cm³/mol. The maximum absolute atomic E-state index is 12.4. The van der Waals surface area contributed by atoms with Gasteiger partial charge in [0.1, 0.15) is 6.73 Å². The number of nitrogens with zero attached hydrogens (tertiary/aromatic N) is 2. The summed E-state index contributed by atoms with van der Waals surface area (Å²) in [5.74, 6) is 0.0124. The number of rotatable bonds is 5. The smallest absolute Gasteiger partial charge is 0.224 e. The highest BCUT2D eigenvalue weighted by Crippen LogP contribution is 2.39. The molecule has 1 atom stereocenters. The summed E-state index contributed by atoms with van der Waals surface area (Å²) in [6.45, 7) is 4.83. The van der Waals surface area contributed by atoms with Crippen molar-refractivity contribution in [3.05, 3.63) is 42.5 Å². The van der Waals surface area contributed by atoms with Gasteiger partial charge in [0.05, 0.1) is 28.4 Å². The Morgan fingerprint density at radius 2 is 1.75 bits per heavy atom. The molecule has 2 aromatic carbocycles. The molecule has 0 spiro atoms. The van der Waals surface area contributed by atoms with E-state index in [1.807, 2.05) is 29.2 Å². The number of carbonyl (C=O) groups is 1. The van der Waals surface area contributed by atoms with Crippen molar-refractivity contribution in [1.29, 1.82) is 0 Å². The highest BCUT2D eigenvalue weighted by molar-refractivity contribution is 7.90. The average Bonchev–Trinajstić information content (AvgIpc) is 2.77. The number of amides is 1. The van der Waals surface area contributed by atoms with Crippen LogP contribution in [0, 0.1) is 0 Å². The number of hydrogen-bond donors (Lipinski definition) is 0. The topological polar surface area (TPSA) is 66.9 Å². The Balaban J connectivity index is 1.69. The molecule has 1 heterocycles. The van der Waals surface area contributed by atoms with Crippen molar-refractivity contribution >= 4 is 27.1 Å². The van der Waals surface area contributed by atoms with Gasteiger partial charge in [0, 0.05) is 19.7 Å². The fraction of sp³-hybridized carbons (Fsp3) is 0.480. The summed E-state index contributed by atoms with van der Waals surface area (Å²) in [6, 6.07) is 13.0. The van der Waals surface area contributed by atoms with Crippen molar-refractivity contribution in [2.45, 2.75) is 63.0 Å². The first-order valence-corrected chi connectivity index (χ1v) is 13.2. The molecule has 1 saturated carbocycles. The van der Waals surface area contributed by atoms with Crippen LogP contribution in [-0.2, 0) is 19.4 Å². The molecule has 4 rings (SSSR count). The third-order valence-electron chi connectivity index (χ3n) is 6.45. The Hall–Kier alpha value is -2.38. The van der Waals surface area contributed by atoms with Gasteiger partial charge in [-0.25, -0.2) is 8.42 Å². The lowest BCUT2D eigenvalue weighted by atomic mass is 9.98. The Labute approximate surface area is 191 Å². The van der Waals surface area contributed by atoms with Gasteiger partial charge in [-0.15, -0.1) is 0 Å².